The summed E-state index contributed by atoms with van der Waals surface area (Å²) < 4.78 is 0. The topological polar surface area (TPSA) is 28.2 Å². The minimum Gasteiger partial charge on any atom is -0.356 e. The molecule has 2 rings (SSSR count). The third-order valence-electron chi connectivity index (χ3n) is 3.65. The van der Waals surface area contributed by atoms with Crippen molar-refractivity contribution in [2.75, 3.05) is 25.0 Å². The summed E-state index contributed by atoms with van der Waals surface area (Å²) >= 11 is 0. The zero-order valence-corrected chi connectivity index (χ0v) is 11.9. The van der Waals surface area contributed by atoms with Gasteiger partial charge in [0.25, 0.3) is 0 Å². The quantitative estimate of drug-likeness (QED) is 0.886. The van der Waals surface area contributed by atoms with Crippen molar-refractivity contribution >= 4 is 5.82 Å². The Hall–Kier alpha value is -1.09. The van der Waals surface area contributed by atoms with Gasteiger partial charge in [0.05, 0.1) is 0 Å². The van der Waals surface area contributed by atoms with E-state index in [2.05, 4.69) is 36.2 Å². The first kappa shape index (κ1) is 13.3. The van der Waals surface area contributed by atoms with Crippen LogP contribution >= 0.6 is 0 Å². The van der Waals surface area contributed by atoms with Gasteiger partial charge in [-0.3, -0.25) is 0 Å². The number of nitrogens with one attached hydrogen (secondary N) is 1. The van der Waals surface area contributed by atoms with E-state index < -0.39 is 0 Å². The van der Waals surface area contributed by atoms with Gasteiger partial charge in [0.2, 0.25) is 0 Å². The Bertz CT molecular complexity index is 389. The molecule has 0 spiro atoms. The Balaban J connectivity index is 2.22. The lowest BCUT2D eigenvalue weighted by molar-refractivity contribution is 0.444. The Morgan fingerprint density at radius 3 is 2.94 bits per heavy atom. The van der Waals surface area contributed by atoms with Crippen LogP contribution in [0.2, 0.25) is 0 Å². The fourth-order valence-electron chi connectivity index (χ4n) is 2.68. The third-order valence-corrected chi connectivity index (χ3v) is 3.65. The Labute approximate surface area is 111 Å². The first-order valence-electron chi connectivity index (χ1n) is 7.12. The Kier molecular flexibility index (Phi) is 4.59. The van der Waals surface area contributed by atoms with E-state index in [-0.39, 0.29) is 0 Å². The van der Waals surface area contributed by atoms with E-state index in [0.29, 0.717) is 0 Å². The summed E-state index contributed by atoms with van der Waals surface area (Å²) in [6, 6.07) is 4.46. The molecular weight excluding hydrogens is 222 g/mol. The standard InChI is InChI=1S/C15H25N3/c1-4-14-8-13(10-16-3)9-15(17-14)18-7-5-6-12(2)11-18/h8-9,12,16H,4-7,10-11H2,1-3H3. The van der Waals surface area contributed by atoms with Crippen molar-refractivity contribution in [3.63, 3.8) is 0 Å². The lowest BCUT2D eigenvalue weighted by Crippen LogP contribution is -2.35. The van der Waals surface area contributed by atoms with Crippen molar-refractivity contribution in [3.05, 3.63) is 23.4 Å². The van der Waals surface area contributed by atoms with Crippen LogP contribution in [0.25, 0.3) is 0 Å². The summed E-state index contributed by atoms with van der Waals surface area (Å²) in [4.78, 5) is 7.24. The summed E-state index contributed by atoms with van der Waals surface area (Å²) in [5.74, 6) is 1.96. The fraction of sp³-hybridized carbons (Fsp3) is 0.667. The largest absolute Gasteiger partial charge is 0.356 e. The molecule has 0 amide bonds. The van der Waals surface area contributed by atoms with Crippen LogP contribution in [0.5, 0.6) is 0 Å². The van der Waals surface area contributed by atoms with Gasteiger partial charge < -0.3 is 10.2 Å². The van der Waals surface area contributed by atoms with Crippen molar-refractivity contribution in [3.8, 4) is 0 Å². The highest BCUT2D eigenvalue weighted by Gasteiger charge is 2.18. The highest BCUT2D eigenvalue weighted by Crippen LogP contribution is 2.22. The van der Waals surface area contributed by atoms with Gasteiger partial charge in [-0.05, 0) is 49.9 Å². The highest BCUT2D eigenvalue weighted by atomic mass is 15.2. The van der Waals surface area contributed by atoms with E-state index in [1.807, 2.05) is 7.05 Å². The SMILES string of the molecule is CCc1cc(CNC)cc(N2CCCC(C)C2)n1. The van der Waals surface area contributed by atoms with Gasteiger partial charge >= 0.3 is 0 Å². The molecule has 0 aromatic carbocycles. The number of aromatic nitrogens is 1. The highest BCUT2D eigenvalue weighted by molar-refractivity contribution is 5.43. The third kappa shape index (κ3) is 3.22. The Morgan fingerprint density at radius 2 is 2.28 bits per heavy atom. The number of hydrogen-bond acceptors (Lipinski definition) is 3. The molecule has 1 unspecified atom stereocenters. The molecule has 1 aliphatic rings. The van der Waals surface area contributed by atoms with E-state index in [9.17, 15) is 0 Å². The summed E-state index contributed by atoms with van der Waals surface area (Å²) in [6.45, 7) is 7.74. The number of anilines is 1. The summed E-state index contributed by atoms with van der Waals surface area (Å²) in [5.41, 5.74) is 2.55. The number of nitrogens with zero attached hydrogens (tertiary/aromatic N) is 2. The van der Waals surface area contributed by atoms with Gasteiger partial charge in [-0.25, -0.2) is 4.98 Å². The van der Waals surface area contributed by atoms with Gasteiger partial charge in [-0.2, -0.15) is 0 Å². The second-order valence-corrected chi connectivity index (χ2v) is 5.40. The zero-order valence-electron chi connectivity index (χ0n) is 11.9. The summed E-state index contributed by atoms with van der Waals surface area (Å²) in [5, 5.41) is 3.23. The molecule has 3 nitrogen and oxygen atoms in total. The maximum absolute atomic E-state index is 4.79. The molecule has 1 fully saturated rings. The van der Waals surface area contributed by atoms with Crippen molar-refractivity contribution in [2.24, 2.45) is 5.92 Å². The van der Waals surface area contributed by atoms with Crippen molar-refractivity contribution in [1.29, 1.82) is 0 Å². The second-order valence-electron chi connectivity index (χ2n) is 5.40. The average molecular weight is 247 g/mol. The molecule has 0 radical (unpaired) electrons. The average Bonchev–Trinajstić information content (AvgIpc) is 2.39. The molecule has 1 saturated heterocycles. The normalized spacial score (nSPS) is 20.2. The predicted octanol–water partition coefficient (Wildman–Crippen LogP) is 2.60. The van der Waals surface area contributed by atoms with Crippen LogP contribution in [0.1, 0.15) is 37.9 Å². The Morgan fingerprint density at radius 1 is 1.44 bits per heavy atom. The fourth-order valence-corrected chi connectivity index (χ4v) is 2.68. The first-order valence-corrected chi connectivity index (χ1v) is 7.12. The van der Waals surface area contributed by atoms with Crippen LogP contribution in [-0.2, 0) is 13.0 Å². The van der Waals surface area contributed by atoms with Crippen molar-refractivity contribution in [2.45, 2.75) is 39.7 Å². The van der Waals surface area contributed by atoms with Gasteiger partial charge in [0.1, 0.15) is 5.82 Å². The molecule has 1 aliphatic heterocycles. The van der Waals surface area contributed by atoms with Crippen LogP contribution < -0.4 is 10.2 Å². The van der Waals surface area contributed by atoms with Crippen molar-refractivity contribution < 1.29 is 0 Å². The van der Waals surface area contributed by atoms with Crippen LogP contribution in [0.15, 0.2) is 12.1 Å². The molecule has 1 atom stereocenters. The predicted molar refractivity (Wildman–Crippen MR) is 77.0 cm³/mol. The number of hydrogen-bond donors (Lipinski definition) is 1. The monoisotopic (exact) mass is 247 g/mol. The molecule has 0 saturated carbocycles. The van der Waals surface area contributed by atoms with Gasteiger partial charge in [-0.15, -0.1) is 0 Å². The second kappa shape index (κ2) is 6.19. The van der Waals surface area contributed by atoms with Gasteiger partial charge in [-0.1, -0.05) is 13.8 Å². The van der Waals surface area contributed by atoms with E-state index >= 15 is 0 Å². The maximum Gasteiger partial charge on any atom is 0.129 e. The minimum absolute atomic E-state index is 0.790. The van der Waals surface area contributed by atoms with Gasteiger partial charge in [0, 0.05) is 25.3 Å². The molecule has 1 aromatic rings. The molecule has 1 N–H and O–H groups in total. The van der Waals surface area contributed by atoms with Crippen LogP contribution in [0.4, 0.5) is 5.82 Å². The summed E-state index contributed by atoms with van der Waals surface area (Å²) in [6.07, 6.45) is 3.65. The van der Waals surface area contributed by atoms with Crippen LogP contribution in [-0.4, -0.2) is 25.1 Å². The van der Waals surface area contributed by atoms with Gasteiger partial charge in [0.15, 0.2) is 0 Å². The minimum atomic E-state index is 0.790. The zero-order chi connectivity index (χ0) is 13.0. The van der Waals surface area contributed by atoms with Crippen molar-refractivity contribution in [1.82, 2.24) is 10.3 Å². The maximum atomic E-state index is 4.79. The molecule has 2 heterocycles. The number of aryl methyl sites for hydroxylation is 1. The van der Waals surface area contributed by atoms with E-state index in [4.69, 9.17) is 4.98 Å². The molecule has 3 heteroatoms. The van der Waals surface area contributed by atoms with Crippen LogP contribution in [0, 0.1) is 5.92 Å². The molecule has 18 heavy (non-hydrogen) atoms. The number of piperidine rings is 1. The van der Waals surface area contributed by atoms with Crippen LogP contribution in [0.3, 0.4) is 0 Å². The molecule has 1 aromatic heterocycles. The first-order chi connectivity index (χ1) is 8.72. The molecule has 0 aliphatic carbocycles. The number of rotatable bonds is 4. The summed E-state index contributed by atoms with van der Waals surface area (Å²) in [7, 11) is 1.99. The van der Waals surface area contributed by atoms with E-state index in [1.54, 1.807) is 0 Å². The van der Waals surface area contributed by atoms with E-state index in [0.717, 1.165) is 32.0 Å². The lowest BCUT2D eigenvalue weighted by atomic mass is 10.0. The number of pyridine rings is 1. The molecule has 100 valence electrons. The van der Waals surface area contributed by atoms with E-state index in [1.165, 1.54) is 29.9 Å². The molecule has 0 bridgehead atoms. The molecular formula is C15H25N3. The smallest absolute Gasteiger partial charge is 0.129 e. The lowest BCUT2D eigenvalue weighted by Gasteiger charge is -2.32.